The lowest BCUT2D eigenvalue weighted by atomic mass is 10.1. The number of unbranched alkanes of at least 4 members (excludes halogenated alkanes) is 2. The van der Waals surface area contributed by atoms with Crippen LogP contribution in [0.4, 0.5) is 0 Å². The van der Waals surface area contributed by atoms with Crippen LogP contribution in [0.2, 0.25) is 0 Å². The topological polar surface area (TPSA) is 52.3 Å². The van der Waals surface area contributed by atoms with Crippen molar-refractivity contribution in [3.05, 3.63) is 35.9 Å². The fourth-order valence-corrected chi connectivity index (χ4v) is 1.59. The highest BCUT2D eigenvalue weighted by Crippen LogP contribution is 2.13. The molecular formula is C14H22ClNO2. The summed E-state index contributed by atoms with van der Waals surface area (Å²) in [6, 6.07) is 9.35. The average molecular weight is 272 g/mol. The molecule has 3 nitrogen and oxygen atoms in total. The summed E-state index contributed by atoms with van der Waals surface area (Å²) in [5, 5.41) is 0. The first kappa shape index (κ1) is 16.9. The molecule has 0 heterocycles. The number of hydrogen-bond acceptors (Lipinski definition) is 3. The Morgan fingerprint density at radius 1 is 1.28 bits per heavy atom. The van der Waals surface area contributed by atoms with E-state index in [1.165, 1.54) is 0 Å². The van der Waals surface area contributed by atoms with Crippen LogP contribution in [-0.2, 0) is 9.53 Å². The Kier molecular flexibility index (Phi) is 9.33. The largest absolute Gasteiger partial charge is 0.466 e. The molecule has 0 aliphatic heterocycles. The minimum absolute atomic E-state index is 0. The SMILES string of the molecule is CCCCCOC(=O)CC(N)c1ccccc1.Cl. The van der Waals surface area contributed by atoms with Gasteiger partial charge in [0, 0.05) is 6.04 Å². The fraction of sp³-hybridized carbons (Fsp3) is 0.500. The molecule has 0 fully saturated rings. The molecule has 1 aromatic rings. The molecule has 0 spiro atoms. The fourth-order valence-electron chi connectivity index (χ4n) is 1.59. The van der Waals surface area contributed by atoms with Gasteiger partial charge in [-0.1, -0.05) is 50.1 Å². The van der Waals surface area contributed by atoms with Crippen molar-refractivity contribution in [3.63, 3.8) is 0 Å². The van der Waals surface area contributed by atoms with Gasteiger partial charge in [0.15, 0.2) is 0 Å². The minimum Gasteiger partial charge on any atom is -0.466 e. The van der Waals surface area contributed by atoms with Crippen LogP contribution in [0, 0.1) is 0 Å². The summed E-state index contributed by atoms with van der Waals surface area (Å²) < 4.78 is 5.12. The lowest BCUT2D eigenvalue weighted by Gasteiger charge is -2.11. The number of carbonyl (C=O) groups excluding carboxylic acids is 1. The number of nitrogens with two attached hydrogens (primary N) is 1. The molecule has 0 bridgehead atoms. The number of esters is 1. The van der Waals surface area contributed by atoms with Gasteiger partial charge in [-0.2, -0.15) is 0 Å². The van der Waals surface area contributed by atoms with Gasteiger partial charge in [-0.25, -0.2) is 0 Å². The van der Waals surface area contributed by atoms with E-state index >= 15 is 0 Å². The number of carbonyl (C=O) groups is 1. The van der Waals surface area contributed by atoms with E-state index in [1.807, 2.05) is 30.3 Å². The first-order valence-electron chi connectivity index (χ1n) is 6.20. The van der Waals surface area contributed by atoms with Crippen molar-refractivity contribution in [2.45, 2.75) is 38.6 Å². The molecule has 0 saturated heterocycles. The standard InChI is InChI=1S/C14H21NO2.ClH/c1-2-3-7-10-17-14(16)11-13(15)12-8-5-4-6-9-12;/h4-6,8-9,13H,2-3,7,10-11,15H2,1H3;1H. The number of hydrogen-bond donors (Lipinski definition) is 1. The molecule has 1 unspecified atom stereocenters. The summed E-state index contributed by atoms with van der Waals surface area (Å²) >= 11 is 0. The summed E-state index contributed by atoms with van der Waals surface area (Å²) in [6.45, 7) is 2.63. The van der Waals surface area contributed by atoms with Crippen LogP contribution in [0.1, 0.15) is 44.2 Å². The Morgan fingerprint density at radius 3 is 2.56 bits per heavy atom. The third-order valence-corrected chi connectivity index (χ3v) is 2.63. The summed E-state index contributed by atoms with van der Waals surface area (Å²) in [4.78, 5) is 11.5. The molecule has 0 aliphatic carbocycles. The van der Waals surface area contributed by atoms with E-state index < -0.39 is 0 Å². The Hall–Kier alpha value is -1.06. The van der Waals surface area contributed by atoms with Crippen molar-refractivity contribution in [2.75, 3.05) is 6.61 Å². The van der Waals surface area contributed by atoms with Crippen molar-refractivity contribution in [1.29, 1.82) is 0 Å². The zero-order valence-corrected chi connectivity index (χ0v) is 11.6. The highest BCUT2D eigenvalue weighted by atomic mass is 35.5. The van der Waals surface area contributed by atoms with Crippen LogP contribution in [0.3, 0.4) is 0 Å². The Morgan fingerprint density at radius 2 is 1.94 bits per heavy atom. The number of rotatable bonds is 7. The minimum atomic E-state index is -0.269. The van der Waals surface area contributed by atoms with Crippen molar-refractivity contribution < 1.29 is 9.53 Å². The van der Waals surface area contributed by atoms with Gasteiger partial charge < -0.3 is 10.5 Å². The zero-order chi connectivity index (χ0) is 12.5. The van der Waals surface area contributed by atoms with Gasteiger partial charge in [-0.3, -0.25) is 4.79 Å². The molecule has 1 rings (SSSR count). The van der Waals surface area contributed by atoms with Crippen molar-refractivity contribution in [1.82, 2.24) is 0 Å². The molecule has 0 amide bonds. The van der Waals surface area contributed by atoms with Gasteiger partial charge in [0.2, 0.25) is 0 Å². The van der Waals surface area contributed by atoms with Gasteiger partial charge in [0.05, 0.1) is 13.0 Å². The monoisotopic (exact) mass is 271 g/mol. The maximum atomic E-state index is 11.5. The number of halogens is 1. The molecule has 1 aromatic carbocycles. The van der Waals surface area contributed by atoms with Crippen LogP contribution < -0.4 is 5.73 Å². The van der Waals surface area contributed by atoms with Crippen LogP contribution in [0.5, 0.6) is 0 Å². The van der Waals surface area contributed by atoms with Crippen LogP contribution in [0.25, 0.3) is 0 Å². The molecule has 0 saturated carbocycles. The molecular weight excluding hydrogens is 250 g/mol. The summed E-state index contributed by atoms with van der Waals surface area (Å²) in [5.74, 6) is -0.211. The second-order valence-corrected chi connectivity index (χ2v) is 4.15. The zero-order valence-electron chi connectivity index (χ0n) is 10.8. The quantitative estimate of drug-likeness (QED) is 0.612. The predicted molar refractivity (Wildman–Crippen MR) is 75.7 cm³/mol. The molecule has 4 heteroatoms. The van der Waals surface area contributed by atoms with E-state index in [0.717, 1.165) is 24.8 Å². The second-order valence-electron chi connectivity index (χ2n) is 4.15. The number of ether oxygens (including phenoxy) is 1. The first-order valence-corrected chi connectivity index (χ1v) is 6.20. The van der Waals surface area contributed by atoms with Gasteiger partial charge in [-0.05, 0) is 12.0 Å². The predicted octanol–water partition coefficient (Wildman–Crippen LogP) is 3.23. The lowest BCUT2D eigenvalue weighted by molar-refractivity contribution is -0.144. The highest BCUT2D eigenvalue weighted by Gasteiger charge is 2.11. The lowest BCUT2D eigenvalue weighted by Crippen LogP contribution is -2.17. The first-order chi connectivity index (χ1) is 8.24. The molecule has 102 valence electrons. The summed E-state index contributed by atoms with van der Waals surface area (Å²) in [7, 11) is 0. The molecule has 1 atom stereocenters. The van der Waals surface area contributed by atoms with Gasteiger partial charge in [0.25, 0.3) is 0 Å². The number of benzene rings is 1. The average Bonchev–Trinajstić information content (AvgIpc) is 2.36. The highest BCUT2D eigenvalue weighted by molar-refractivity contribution is 5.85. The van der Waals surface area contributed by atoms with E-state index in [-0.39, 0.29) is 30.8 Å². The van der Waals surface area contributed by atoms with Crippen molar-refractivity contribution >= 4 is 18.4 Å². The molecule has 0 radical (unpaired) electrons. The molecule has 2 N–H and O–H groups in total. The van der Waals surface area contributed by atoms with E-state index in [2.05, 4.69) is 6.92 Å². The van der Waals surface area contributed by atoms with Gasteiger partial charge in [-0.15, -0.1) is 12.4 Å². The Bertz CT molecular complexity index is 330. The normalized spacial score (nSPS) is 11.4. The maximum absolute atomic E-state index is 11.5. The van der Waals surface area contributed by atoms with Gasteiger partial charge in [0.1, 0.15) is 0 Å². The van der Waals surface area contributed by atoms with E-state index in [4.69, 9.17) is 10.5 Å². The maximum Gasteiger partial charge on any atom is 0.307 e. The van der Waals surface area contributed by atoms with Crippen LogP contribution in [0.15, 0.2) is 30.3 Å². The van der Waals surface area contributed by atoms with Crippen molar-refractivity contribution in [3.8, 4) is 0 Å². The third-order valence-electron chi connectivity index (χ3n) is 2.63. The smallest absolute Gasteiger partial charge is 0.307 e. The van der Waals surface area contributed by atoms with Gasteiger partial charge >= 0.3 is 5.97 Å². The van der Waals surface area contributed by atoms with E-state index in [0.29, 0.717) is 6.61 Å². The Labute approximate surface area is 115 Å². The Balaban J connectivity index is 0.00000289. The summed E-state index contributed by atoms with van der Waals surface area (Å²) in [6.07, 6.45) is 3.40. The van der Waals surface area contributed by atoms with Crippen LogP contribution in [-0.4, -0.2) is 12.6 Å². The van der Waals surface area contributed by atoms with E-state index in [9.17, 15) is 4.79 Å². The van der Waals surface area contributed by atoms with Crippen molar-refractivity contribution in [2.24, 2.45) is 5.73 Å². The van der Waals surface area contributed by atoms with Crippen LogP contribution >= 0.6 is 12.4 Å². The third kappa shape index (κ3) is 6.62. The second kappa shape index (κ2) is 9.92. The molecule has 0 aromatic heterocycles. The molecule has 18 heavy (non-hydrogen) atoms. The summed E-state index contributed by atoms with van der Waals surface area (Å²) in [5.41, 5.74) is 6.90. The molecule has 0 aliphatic rings. The van der Waals surface area contributed by atoms with E-state index in [1.54, 1.807) is 0 Å².